The topological polar surface area (TPSA) is 245 Å². The van der Waals surface area contributed by atoms with Crippen molar-refractivity contribution in [2.45, 2.75) is 23.6 Å². The molecule has 1 aliphatic carbocycles. The summed E-state index contributed by atoms with van der Waals surface area (Å²) in [6.45, 7) is 2.76. The average Bonchev–Trinajstić information content (AvgIpc) is 2.71. The zero-order valence-corrected chi connectivity index (χ0v) is 27.1. The molecule has 2 aromatic carbocycles. The van der Waals surface area contributed by atoms with Crippen LogP contribution in [0.3, 0.4) is 0 Å². The number of rotatable bonds is 5. The second-order valence-electron chi connectivity index (χ2n) is 7.88. The Morgan fingerprint density at radius 2 is 1.39 bits per heavy atom. The van der Waals surface area contributed by atoms with Gasteiger partial charge >= 0.3 is 59.1 Å². The summed E-state index contributed by atoms with van der Waals surface area (Å²) in [7, 11) is -15.0. The van der Waals surface area contributed by atoms with E-state index >= 15 is 0 Å². The van der Waals surface area contributed by atoms with Crippen molar-refractivity contribution < 1.29 is 98.0 Å². The van der Waals surface area contributed by atoms with Gasteiger partial charge in [0, 0.05) is 0 Å². The van der Waals surface area contributed by atoms with Crippen molar-refractivity contribution in [3.8, 4) is 0 Å². The summed E-state index contributed by atoms with van der Waals surface area (Å²) in [5.41, 5.74) is 10.3. The number of hydrogen-bond donors (Lipinski definition) is 4. The smallest absolute Gasteiger partial charge is 0.744 e. The molecule has 12 nitrogen and oxygen atoms in total. The summed E-state index contributed by atoms with van der Waals surface area (Å²) < 4.78 is 104. The van der Waals surface area contributed by atoms with E-state index in [4.69, 9.17) is 16.9 Å². The fourth-order valence-corrected chi connectivity index (χ4v) is 5.65. The van der Waals surface area contributed by atoms with Crippen molar-refractivity contribution in [3.63, 3.8) is 0 Å². The first-order valence-corrected chi connectivity index (χ1v) is 14.0. The molecule has 17 heteroatoms. The van der Waals surface area contributed by atoms with Gasteiger partial charge < -0.3 is 20.6 Å². The van der Waals surface area contributed by atoms with Crippen LogP contribution < -0.4 is 70.6 Å². The molecule has 0 spiro atoms. The maximum Gasteiger partial charge on any atom is 1.00 e. The quantitative estimate of drug-likeness (QED) is 0.145. The Kier molecular flexibility index (Phi) is 11.0. The van der Waals surface area contributed by atoms with E-state index in [2.05, 4.69) is 0 Å². The third kappa shape index (κ3) is 7.24. The number of nitrogens with one attached hydrogen (secondary N) is 1. The van der Waals surface area contributed by atoms with E-state index < -0.39 is 50.8 Å². The minimum absolute atomic E-state index is 0. The standard InChI is InChI=1S/C21H21N3O9S3.2Na/c1-10-5-13(8-17(20(10)23)35(28,29)30)19(12-3-4-15(22)16(7-12)34(25,26)27)14-6-11(2)21(24)18(9-14)36(31,32)33;;/h3-9,23H,22,24H2,1-2H3,(H,25,26,27)(H,28,29,30)(H,31,32,33);;/q;2*+1/p-2/b19-13-,23-20?;;. The van der Waals surface area contributed by atoms with Crippen LogP contribution in [-0.2, 0) is 30.4 Å². The van der Waals surface area contributed by atoms with Gasteiger partial charge in [0.25, 0.3) is 10.1 Å². The second kappa shape index (κ2) is 12.0. The molecule has 192 valence electrons. The summed E-state index contributed by atoms with van der Waals surface area (Å²) in [5, 5.41) is 7.97. The molecule has 0 heterocycles. The van der Waals surface area contributed by atoms with Crippen LogP contribution in [0.25, 0.3) is 5.57 Å². The maximum absolute atomic E-state index is 11.9. The van der Waals surface area contributed by atoms with E-state index in [-0.39, 0.29) is 104 Å². The van der Waals surface area contributed by atoms with Crippen molar-refractivity contribution in [1.82, 2.24) is 0 Å². The first kappa shape index (κ1) is 34.7. The summed E-state index contributed by atoms with van der Waals surface area (Å²) in [6.07, 6.45) is 2.18. The van der Waals surface area contributed by atoms with Gasteiger partial charge in [0.15, 0.2) is 0 Å². The van der Waals surface area contributed by atoms with Gasteiger partial charge in [-0.15, -0.1) is 0 Å². The molecule has 0 atom stereocenters. The van der Waals surface area contributed by atoms with E-state index in [0.29, 0.717) is 0 Å². The van der Waals surface area contributed by atoms with Crippen LogP contribution in [-0.4, -0.2) is 44.6 Å². The zero-order valence-electron chi connectivity index (χ0n) is 20.6. The van der Waals surface area contributed by atoms with Crippen LogP contribution in [0.15, 0.2) is 68.3 Å². The molecule has 0 aromatic heterocycles. The van der Waals surface area contributed by atoms with Gasteiger partial charge in [-0.05, 0) is 83.7 Å². The minimum Gasteiger partial charge on any atom is -0.744 e. The van der Waals surface area contributed by atoms with Gasteiger partial charge in [-0.2, -0.15) is 8.42 Å². The summed E-state index contributed by atoms with van der Waals surface area (Å²) >= 11 is 0. The van der Waals surface area contributed by atoms with Crippen LogP contribution in [0.1, 0.15) is 23.6 Å². The number of hydrogen-bond acceptors (Lipinski definition) is 11. The fraction of sp³-hybridized carbons (Fsp3) is 0.0952. The Bertz CT molecular complexity index is 1760. The molecule has 0 radical (unpaired) electrons. The molecule has 0 saturated heterocycles. The Balaban J connectivity index is 0.00000361. The van der Waals surface area contributed by atoms with Crippen LogP contribution in [0, 0.1) is 12.3 Å². The van der Waals surface area contributed by atoms with E-state index in [9.17, 15) is 38.9 Å². The zero-order chi connectivity index (χ0) is 27.4. The molecule has 3 rings (SSSR count). The van der Waals surface area contributed by atoms with Crippen molar-refractivity contribution in [2.75, 3.05) is 11.5 Å². The van der Waals surface area contributed by atoms with Crippen LogP contribution >= 0.6 is 0 Å². The molecule has 0 unspecified atom stereocenters. The van der Waals surface area contributed by atoms with Gasteiger partial charge in [-0.25, -0.2) is 16.8 Å². The molecule has 6 N–H and O–H groups in total. The Labute approximate surface area is 264 Å². The Hall–Kier alpha value is -1.34. The number of allylic oxidation sites excluding steroid dienone is 5. The van der Waals surface area contributed by atoms with Gasteiger partial charge in [0.2, 0.25) is 0 Å². The number of nitrogen functional groups attached to an aromatic ring is 2. The SMILES string of the molecule is CC1=C/C(=C(/c2cc(C)c(N)c(S(=O)(=O)[O-])c2)c2ccc(N)c(S(=O)(=O)O)c2)C=C(S(=O)(=O)[O-])C1=N.[Na+].[Na+]. The van der Waals surface area contributed by atoms with Crippen molar-refractivity contribution in [3.05, 3.63) is 75.2 Å². The van der Waals surface area contributed by atoms with Crippen molar-refractivity contribution in [2.24, 2.45) is 0 Å². The Morgan fingerprint density at radius 1 is 0.842 bits per heavy atom. The summed E-state index contributed by atoms with van der Waals surface area (Å²) in [6, 6.07) is 5.65. The van der Waals surface area contributed by atoms with Crippen LogP contribution in [0.5, 0.6) is 0 Å². The first-order valence-electron chi connectivity index (χ1n) is 9.75. The fourth-order valence-electron chi connectivity index (χ4n) is 3.63. The van der Waals surface area contributed by atoms with E-state index in [1.165, 1.54) is 32.1 Å². The summed E-state index contributed by atoms with van der Waals surface area (Å²) in [4.78, 5) is -2.37. The van der Waals surface area contributed by atoms with Gasteiger partial charge in [0.1, 0.15) is 25.1 Å². The second-order valence-corrected chi connectivity index (χ2v) is 12.0. The third-order valence-electron chi connectivity index (χ3n) is 5.34. The summed E-state index contributed by atoms with van der Waals surface area (Å²) in [5.74, 6) is 0. The van der Waals surface area contributed by atoms with Crippen molar-refractivity contribution in [1.29, 1.82) is 5.41 Å². The molecular formula is C21H19N3Na2O9S3. The van der Waals surface area contributed by atoms with Crippen LogP contribution in [0.4, 0.5) is 11.4 Å². The predicted octanol–water partition coefficient (Wildman–Crippen LogP) is -4.47. The van der Waals surface area contributed by atoms with E-state index in [0.717, 1.165) is 24.3 Å². The molecule has 0 fully saturated rings. The van der Waals surface area contributed by atoms with E-state index in [1.807, 2.05) is 0 Å². The van der Waals surface area contributed by atoms with E-state index in [1.54, 1.807) is 0 Å². The molecular weight excluding hydrogens is 580 g/mol. The molecule has 2 aromatic rings. The molecule has 0 amide bonds. The minimum atomic E-state index is -5.13. The number of aryl methyl sites for hydroxylation is 1. The van der Waals surface area contributed by atoms with Gasteiger partial charge in [0.05, 0.1) is 26.9 Å². The normalized spacial score (nSPS) is 15.6. The molecule has 0 aliphatic heterocycles. The van der Waals surface area contributed by atoms with Crippen LogP contribution in [0.2, 0.25) is 0 Å². The number of anilines is 2. The third-order valence-corrected chi connectivity index (χ3v) is 7.99. The molecule has 1 aliphatic rings. The Morgan fingerprint density at radius 3 is 1.89 bits per heavy atom. The average molecular weight is 600 g/mol. The molecule has 38 heavy (non-hydrogen) atoms. The van der Waals surface area contributed by atoms with Crippen molar-refractivity contribution >= 4 is 53.0 Å². The largest absolute Gasteiger partial charge is 1.00 e. The molecule has 0 bridgehead atoms. The number of nitrogens with two attached hydrogens (primary N) is 2. The predicted molar refractivity (Wildman–Crippen MR) is 130 cm³/mol. The molecule has 0 saturated carbocycles. The number of benzene rings is 2. The van der Waals surface area contributed by atoms with Gasteiger partial charge in [-0.3, -0.25) is 9.96 Å². The maximum atomic E-state index is 11.9. The monoisotopic (exact) mass is 599 g/mol. The van der Waals surface area contributed by atoms with Gasteiger partial charge in [-0.1, -0.05) is 6.07 Å². The first-order chi connectivity index (χ1) is 16.3.